The predicted octanol–water partition coefficient (Wildman–Crippen LogP) is 6.09. The third-order valence-electron chi connectivity index (χ3n) is 3.55. The Morgan fingerprint density at radius 3 is 1.96 bits per heavy atom. The highest BCUT2D eigenvalue weighted by molar-refractivity contribution is 7.99. The van der Waals surface area contributed by atoms with Crippen LogP contribution in [0, 0.1) is 0 Å². The Hall–Kier alpha value is -2.53. The fourth-order valence-corrected chi connectivity index (χ4v) is 3.32. The van der Waals surface area contributed by atoms with Crippen molar-refractivity contribution in [3.8, 4) is 0 Å². The molecule has 1 nitrogen and oxygen atoms in total. The first kappa shape index (κ1) is 17.3. The van der Waals surface area contributed by atoms with E-state index in [0.29, 0.717) is 10.5 Å². The Kier molecular flexibility index (Phi) is 4.95. The predicted molar refractivity (Wildman–Crippen MR) is 91.9 cm³/mol. The Morgan fingerprint density at radius 2 is 1.36 bits per heavy atom. The summed E-state index contributed by atoms with van der Waals surface area (Å²) in [5.41, 5.74) is -0.418. The van der Waals surface area contributed by atoms with E-state index in [2.05, 4.69) is 0 Å². The summed E-state index contributed by atoms with van der Waals surface area (Å²) in [6.45, 7) is 0. The van der Waals surface area contributed by atoms with E-state index in [4.69, 9.17) is 0 Å². The Bertz CT molecular complexity index is 874. The number of alkyl halides is 3. The van der Waals surface area contributed by atoms with Gasteiger partial charge in [-0.05, 0) is 30.3 Å². The molecule has 3 aromatic rings. The minimum atomic E-state index is -4.54. The standard InChI is InChI=1S/C20H13F3OS/c21-20(22,23)17-13-15(19(24)14-7-3-1-4-8-14)11-12-18(17)25-16-9-5-2-6-10-16/h1-13H. The molecule has 25 heavy (non-hydrogen) atoms. The van der Waals surface area contributed by atoms with E-state index in [-0.39, 0.29) is 10.5 Å². The van der Waals surface area contributed by atoms with E-state index in [1.165, 1.54) is 12.1 Å². The van der Waals surface area contributed by atoms with Crippen LogP contribution < -0.4 is 0 Å². The van der Waals surface area contributed by atoms with Crippen molar-refractivity contribution in [1.29, 1.82) is 0 Å². The van der Waals surface area contributed by atoms with Crippen LogP contribution >= 0.6 is 11.8 Å². The third-order valence-corrected chi connectivity index (χ3v) is 4.64. The van der Waals surface area contributed by atoms with Crippen LogP contribution in [0.15, 0.2) is 88.7 Å². The zero-order valence-corrected chi connectivity index (χ0v) is 13.8. The summed E-state index contributed by atoms with van der Waals surface area (Å²) in [7, 11) is 0. The molecular formula is C20H13F3OS. The van der Waals surface area contributed by atoms with Gasteiger partial charge >= 0.3 is 6.18 Å². The quantitative estimate of drug-likeness (QED) is 0.525. The van der Waals surface area contributed by atoms with Crippen molar-refractivity contribution in [3.63, 3.8) is 0 Å². The lowest BCUT2D eigenvalue weighted by molar-refractivity contribution is -0.139. The summed E-state index contributed by atoms with van der Waals surface area (Å²) in [6.07, 6.45) is -4.54. The van der Waals surface area contributed by atoms with Crippen molar-refractivity contribution < 1.29 is 18.0 Å². The SMILES string of the molecule is O=C(c1ccccc1)c1ccc(Sc2ccccc2)c(C(F)(F)F)c1. The van der Waals surface area contributed by atoms with Gasteiger partial charge in [0.05, 0.1) is 5.56 Å². The van der Waals surface area contributed by atoms with Crippen LogP contribution in [0.1, 0.15) is 21.5 Å². The summed E-state index contributed by atoms with van der Waals surface area (Å²) in [6, 6.07) is 20.8. The number of halogens is 3. The molecule has 0 saturated carbocycles. The second kappa shape index (κ2) is 7.15. The molecule has 126 valence electrons. The largest absolute Gasteiger partial charge is 0.417 e. The molecule has 0 fully saturated rings. The molecule has 0 amide bonds. The fraction of sp³-hybridized carbons (Fsp3) is 0.0500. The highest BCUT2D eigenvalue weighted by Crippen LogP contribution is 2.40. The molecule has 5 heteroatoms. The van der Waals surface area contributed by atoms with Gasteiger partial charge in [-0.2, -0.15) is 13.2 Å². The zero-order chi connectivity index (χ0) is 17.9. The molecule has 0 spiro atoms. The molecule has 0 saturated heterocycles. The molecule has 0 N–H and O–H groups in total. The fourth-order valence-electron chi connectivity index (χ4n) is 2.35. The zero-order valence-electron chi connectivity index (χ0n) is 13.0. The average molecular weight is 358 g/mol. The molecule has 0 aliphatic carbocycles. The van der Waals surface area contributed by atoms with Crippen LogP contribution in [0.3, 0.4) is 0 Å². The van der Waals surface area contributed by atoms with E-state index in [1.807, 2.05) is 0 Å². The summed E-state index contributed by atoms with van der Waals surface area (Å²) >= 11 is 1.03. The van der Waals surface area contributed by atoms with Gasteiger partial charge in [0.1, 0.15) is 0 Å². The Balaban J connectivity index is 2.00. The van der Waals surface area contributed by atoms with Gasteiger partial charge in [0.2, 0.25) is 0 Å². The number of hydrogen-bond acceptors (Lipinski definition) is 2. The van der Waals surface area contributed by atoms with Crippen LogP contribution in [-0.2, 0) is 6.18 Å². The maximum Gasteiger partial charge on any atom is 0.417 e. The molecule has 0 bridgehead atoms. The van der Waals surface area contributed by atoms with Crippen molar-refractivity contribution in [2.24, 2.45) is 0 Å². The topological polar surface area (TPSA) is 17.1 Å². The van der Waals surface area contributed by atoms with E-state index in [0.717, 1.165) is 17.8 Å². The summed E-state index contributed by atoms with van der Waals surface area (Å²) < 4.78 is 40.4. The molecule has 0 radical (unpaired) electrons. The average Bonchev–Trinajstić information content (AvgIpc) is 2.62. The molecular weight excluding hydrogens is 345 g/mol. The number of rotatable bonds is 4. The van der Waals surface area contributed by atoms with Crippen LogP contribution in [-0.4, -0.2) is 5.78 Å². The van der Waals surface area contributed by atoms with Gasteiger partial charge in [0, 0.05) is 20.9 Å². The van der Waals surface area contributed by atoms with Gasteiger partial charge in [-0.25, -0.2) is 0 Å². The maximum atomic E-state index is 13.5. The number of carbonyl (C=O) groups is 1. The molecule has 0 atom stereocenters. The van der Waals surface area contributed by atoms with Crippen LogP contribution in [0.2, 0.25) is 0 Å². The maximum absolute atomic E-state index is 13.5. The lowest BCUT2D eigenvalue weighted by Gasteiger charge is -2.14. The van der Waals surface area contributed by atoms with Crippen LogP contribution in [0.5, 0.6) is 0 Å². The van der Waals surface area contributed by atoms with Crippen molar-refractivity contribution in [2.75, 3.05) is 0 Å². The van der Waals surface area contributed by atoms with E-state index < -0.39 is 17.5 Å². The van der Waals surface area contributed by atoms with Gasteiger partial charge < -0.3 is 0 Å². The third kappa shape index (κ3) is 4.12. The van der Waals surface area contributed by atoms with Gasteiger partial charge in [0.15, 0.2) is 5.78 Å². The van der Waals surface area contributed by atoms with E-state index in [9.17, 15) is 18.0 Å². The van der Waals surface area contributed by atoms with Gasteiger partial charge in [-0.15, -0.1) is 0 Å². The minimum Gasteiger partial charge on any atom is -0.289 e. The van der Waals surface area contributed by atoms with Crippen LogP contribution in [0.4, 0.5) is 13.2 Å². The van der Waals surface area contributed by atoms with Crippen molar-refractivity contribution in [2.45, 2.75) is 16.0 Å². The molecule has 0 aliphatic rings. The lowest BCUT2D eigenvalue weighted by atomic mass is 10.0. The number of hydrogen-bond donors (Lipinski definition) is 0. The second-order valence-corrected chi connectivity index (χ2v) is 6.43. The summed E-state index contributed by atoms with van der Waals surface area (Å²) in [5.74, 6) is -0.428. The first-order valence-corrected chi connectivity index (χ1v) is 8.31. The molecule has 0 heterocycles. The smallest absolute Gasteiger partial charge is 0.289 e. The molecule has 0 aliphatic heterocycles. The Morgan fingerprint density at radius 1 is 0.760 bits per heavy atom. The van der Waals surface area contributed by atoms with E-state index >= 15 is 0 Å². The molecule has 0 aromatic heterocycles. The highest BCUT2D eigenvalue weighted by atomic mass is 32.2. The van der Waals surface area contributed by atoms with Crippen molar-refractivity contribution >= 4 is 17.5 Å². The minimum absolute atomic E-state index is 0.0240. The van der Waals surface area contributed by atoms with Gasteiger partial charge in [-0.3, -0.25) is 4.79 Å². The monoisotopic (exact) mass is 358 g/mol. The van der Waals surface area contributed by atoms with Crippen LogP contribution in [0.25, 0.3) is 0 Å². The molecule has 0 unspecified atom stereocenters. The second-order valence-electron chi connectivity index (χ2n) is 5.32. The summed E-state index contributed by atoms with van der Waals surface area (Å²) in [5, 5.41) is 0. The van der Waals surface area contributed by atoms with E-state index in [1.54, 1.807) is 60.7 Å². The normalized spacial score (nSPS) is 11.3. The lowest BCUT2D eigenvalue weighted by Crippen LogP contribution is -2.10. The van der Waals surface area contributed by atoms with Crippen molar-refractivity contribution in [3.05, 3.63) is 95.6 Å². The first-order chi connectivity index (χ1) is 11.9. The van der Waals surface area contributed by atoms with Crippen molar-refractivity contribution in [1.82, 2.24) is 0 Å². The first-order valence-electron chi connectivity index (χ1n) is 7.49. The number of carbonyl (C=O) groups excluding carboxylic acids is 1. The highest BCUT2D eigenvalue weighted by Gasteiger charge is 2.34. The van der Waals surface area contributed by atoms with Gasteiger partial charge in [0.25, 0.3) is 0 Å². The Labute approximate surface area is 147 Å². The molecule has 3 rings (SSSR count). The number of ketones is 1. The summed E-state index contributed by atoms with van der Waals surface area (Å²) in [4.78, 5) is 13.2. The molecule has 3 aromatic carbocycles. The number of benzene rings is 3. The van der Waals surface area contributed by atoms with Gasteiger partial charge in [-0.1, -0.05) is 60.3 Å².